The van der Waals surface area contributed by atoms with Crippen molar-refractivity contribution >= 4 is 27.7 Å². The van der Waals surface area contributed by atoms with Crippen LogP contribution in [0.1, 0.15) is 17.0 Å². The number of hydrogen-bond acceptors (Lipinski definition) is 2. The lowest BCUT2D eigenvalue weighted by molar-refractivity contribution is 0.253. The average Bonchev–Trinajstić information content (AvgIpc) is 2.77. The molecule has 1 aliphatic heterocycles. The molecule has 0 spiro atoms. The van der Waals surface area contributed by atoms with Gasteiger partial charge in [0, 0.05) is 10.4 Å². The van der Waals surface area contributed by atoms with Gasteiger partial charge in [-0.3, -0.25) is 0 Å². The fraction of sp³-hybridized carbons (Fsp3) is 0.0714. The first-order valence-corrected chi connectivity index (χ1v) is 6.47. The van der Waals surface area contributed by atoms with E-state index in [-0.39, 0.29) is 11.9 Å². The molecular formula is C14H8BrN3O. The fourth-order valence-corrected chi connectivity index (χ4v) is 2.66. The van der Waals surface area contributed by atoms with Crippen molar-refractivity contribution < 1.29 is 4.79 Å². The van der Waals surface area contributed by atoms with Crippen molar-refractivity contribution in [1.29, 1.82) is 5.26 Å². The van der Waals surface area contributed by atoms with Gasteiger partial charge in [0.15, 0.2) is 0 Å². The highest BCUT2D eigenvalue weighted by Gasteiger charge is 2.23. The first kappa shape index (κ1) is 11.9. The van der Waals surface area contributed by atoms with Crippen LogP contribution >= 0.6 is 15.9 Å². The number of nitriles is 1. The zero-order valence-electron chi connectivity index (χ0n) is 9.72. The zero-order chi connectivity index (χ0) is 13.4. The predicted molar refractivity (Wildman–Crippen MR) is 74.8 cm³/mol. The summed E-state index contributed by atoms with van der Waals surface area (Å²) in [5, 5.41) is 11.9. The quantitative estimate of drug-likeness (QED) is 0.866. The van der Waals surface area contributed by atoms with Gasteiger partial charge in [-0.15, -0.1) is 0 Å². The lowest BCUT2D eigenvalue weighted by Crippen LogP contribution is -2.17. The molecule has 1 atom stereocenters. The van der Waals surface area contributed by atoms with Crippen LogP contribution in [0, 0.1) is 11.3 Å². The average molecular weight is 314 g/mol. The van der Waals surface area contributed by atoms with Crippen LogP contribution in [-0.4, -0.2) is 11.7 Å². The number of amides is 2. The maximum absolute atomic E-state index is 11.2. The van der Waals surface area contributed by atoms with E-state index in [4.69, 9.17) is 0 Å². The molecule has 92 valence electrons. The summed E-state index contributed by atoms with van der Waals surface area (Å²) in [7, 11) is 0. The summed E-state index contributed by atoms with van der Waals surface area (Å²) < 4.78 is 0.772. The first-order valence-electron chi connectivity index (χ1n) is 5.67. The Balaban J connectivity index is 2.05. The van der Waals surface area contributed by atoms with Crippen LogP contribution in [0.25, 0.3) is 0 Å². The highest BCUT2D eigenvalue weighted by atomic mass is 79.9. The normalized spacial score (nSPS) is 20.2. The number of urea groups is 1. The number of allylic oxidation sites excluding steroid dienone is 3. The maximum Gasteiger partial charge on any atom is 0.346 e. The molecule has 0 saturated carbocycles. The molecule has 2 amide bonds. The van der Waals surface area contributed by atoms with Gasteiger partial charge >= 0.3 is 6.03 Å². The Morgan fingerprint density at radius 3 is 3.05 bits per heavy atom. The number of carbonyl (C=O) groups is 1. The van der Waals surface area contributed by atoms with E-state index >= 15 is 0 Å². The molecule has 3 rings (SSSR count). The summed E-state index contributed by atoms with van der Waals surface area (Å²) in [5.74, 6) is -0.0421. The van der Waals surface area contributed by atoms with Gasteiger partial charge in [-0.1, -0.05) is 18.2 Å². The van der Waals surface area contributed by atoms with Crippen molar-refractivity contribution in [3.63, 3.8) is 0 Å². The van der Waals surface area contributed by atoms with Crippen LogP contribution in [0.4, 0.5) is 4.79 Å². The Bertz CT molecular complexity index is 710. The molecule has 19 heavy (non-hydrogen) atoms. The highest BCUT2D eigenvalue weighted by Crippen LogP contribution is 2.31. The number of carbonyl (C=O) groups excluding carboxylic acids is 1. The Kier molecular flexibility index (Phi) is 2.80. The van der Waals surface area contributed by atoms with E-state index in [1.54, 1.807) is 6.08 Å². The number of aliphatic imine (C=N–C) groups is 1. The van der Waals surface area contributed by atoms with Crippen molar-refractivity contribution in [2.45, 2.75) is 5.92 Å². The molecule has 1 unspecified atom stereocenters. The number of hydrogen-bond donors (Lipinski definition) is 1. The van der Waals surface area contributed by atoms with Gasteiger partial charge in [-0.05, 0) is 39.7 Å². The fourth-order valence-electron chi connectivity index (χ4n) is 2.19. The second-order valence-corrected chi connectivity index (χ2v) is 5.06. The van der Waals surface area contributed by atoms with Crippen molar-refractivity contribution in [3.05, 3.63) is 57.7 Å². The van der Waals surface area contributed by atoms with Crippen molar-refractivity contribution in [2.75, 3.05) is 0 Å². The molecule has 0 bridgehead atoms. The molecule has 5 heteroatoms. The molecule has 1 aromatic rings. The summed E-state index contributed by atoms with van der Waals surface area (Å²) in [6.07, 6.45) is 5.65. The molecule has 1 N–H and O–H groups in total. The Morgan fingerprint density at radius 2 is 2.26 bits per heavy atom. The number of fused-ring (bicyclic) bond motifs is 1. The van der Waals surface area contributed by atoms with E-state index in [0.29, 0.717) is 17.0 Å². The summed E-state index contributed by atoms with van der Waals surface area (Å²) in [5.41, 5.74) is 2.87. The largest absolute Gasteiger partial charge is 0.346 e. The second-order valence-electron chi connectivity index (χ2n) is 4.21. The molecule has 1 aromatic carbocycles. The number of rotatable bonds is 1. The van der Waals surface area contributed by atoms with E-state index in [1.807, 2.05) is 30.4 Å². The second kappa shape index (κ2) is 4.48. The molecule has 4 nitrogen and oxygen atoms in total. The van der Waals surface area contributed by atoms with E-state index in [0.717, 1.165) is 10.0 Å². The smallest absolute Gasteiger partial charge is 0.304 e. The molecule has 0 radical (unpaired) electrons. The van der Waals surface area contributed by atoms with Crippen molar-refractivity contribution in [1.82, 2.24) is 5.32 Å². The van der Waals surface area contributed by atoms with E-state index in [1.165, 1.54) is 0 Å². The lowest BCUT2D eigenvalue weighted by atomic mass is 9.90. The third-order valence-corrected chi connectivity index (χ3v) is 3.72. The van der Waals surface area contributed by atoms with Gasteiger partial charge in [0.25, 0.3) is 0 Å². The molecule has 2 aliphatic rings. The van der Waals surface area contributed by atoms with Gasteiger partial charge in [0.1, 0.15) is 6.07 Å². The maximum atomic E-state index is 11.2. The molecule has 0 saturated heterocycles. The minimum absolute atomic E-state index is 0.0421. The molecule has 0 fully saturated rings. The van der Waals surface area contributed by atoms with Gasteiger partial charge in [0.05, 0.1) is 17.0 Å². The summed E-state index contributed by atoms with van der Waals surface area (Å²) >= 11 is 3.38. The van der Waals surface area contributed by atoms with Crippen LogP contribution in [0.3, 0.4) is 0 Å². The molecule has 0 aromatic heterocycles. The highest BCUT2D eigenvalue weighted by molar-refractivity contribution is 9.10. The monoisotopic (exact) mass is 313 g/mol. The SMILES string of the molecule is N#Cc1c(Br)cccc1C1C=CC2=NC(=O)NC2=C1. The third-order valence-electron chi connectivity index (χ3n) is 3.06. The topological polar surface area (TPSA) is 65.2 Å². The van der Waals surface area contributed by atoms with Crippen LogP contribution in [-0.2, 0) is 0 Å². The van der Waals surface area contributed by atoms with E-state index in [2.05, 4.69) is 32.3 Å². The minimum Gasteiger partial charge on any atom is -0.304 e. The first-order chi connectivity index (χ1) is 9.19. The summed E-state index contributed by atoms with van der Waals surface area (Å²) in [4.78, 5) is 15.0. The molecule has 1 heterocycles. The van der Waals surface area contributed by atoms with E-state index in [9.17, 15) is 10.1 Å². The number of halogens is 1. The summed E-state index contributed by atoms with van der Waals surface area (Å²) in [6.45, 7) is 0. The van der Waals surface area contributed by atoms with Crippen LogP contribution < -0.4 is 5.32 Å². The van der Waals surface area contributed by atoms with Crippen molar-refractivity contribution in [2.24, 2.45) is 4.99 Å². The third kappa shape index (κ3) is 2.00. The molecule has 1 aliphatic carbocycles. The van der Waals surface area contributed by atoms with Gasteiger partial charge in [-0.25, -0.2) is 4.79 Å². The predicted octanol–water partition coefficient (Wildman–Crippen LogP) is 3.02. The van der Waals surface area contributed by atoms with Gasteiger partial charge < -0.3 is 5.32 Å². The van der Waals surface area contributed by atoms with Crippen molar-refractivity contribution in [3.8, 4) is 6.07 Å². The lowest BCUT2D eigenvalue weighted by Gasteiger charge is -2.16. The van der Waals surface area contributed by atoms with Crippen LogP contribution in [0.15, 0.2) is 51.6 Å². The molecular weight excluding hydrogens is 306 g/mol. The van der Waals surface area contributed by atoms with Crippen LogP contribution in [0.5, 0.6) is 0 Å². The number of nitrogens with zero attached hydrogens (tertiary/aromatic N) is 2. The van der Waals surface area contributed by atoms with E-state index < -0.39 is 0 Å². The summed E-state index contributed by atoms with van der Waals surface area (Å²) in [6, 6.07) is 7.50. The van der Waals surface area contributed by atoms with Gasteiger partial charge in [0.2, 0.25) is 0 Å². The Hall–Kier alpha value is -2.19. The number of benzene rings is 1. The minimum atomic E-state index is -0.346. The Morgan fingerprint density at radius 1 is 1.42 bits per heavy atom. The zero-order valence-corrected chi connectivity index (χ0v) is 11.3. The van der Waals surface area contributed by atoms with Gasteiger partial charge in [-0.2, -0.15) is 10.3 Å². The van der Waals surface area contributed by atoms with Crippen LogP contribution in [0.2, 0.25) is 0 Å². The standard InChI is InChI=1S/C14H8BrN3O/c15-11-3-1-2-9(10(11)7-16)8-4-5-12-13(6-8)18-14(19)17-12/h1-6,8H,(H,18,19). The number of nitrogens with one attached hydrogen (secondary N) is 1. The Labute approximate surface area is 118 Å².